The van der Waals surface area contributed by atoms with Crippen molar-refractivity contribution in [1.29, 1.82) is 0 Å². The maximum absolute atomic E-state index is 12.7. The van der Waals surface area contributed by atoms with Crippen LogP contribution in [0, 0.1) is 17.7 Å². The zero-order valence-corrected chi connectivity index (χ0v) is 10.3. The first-order valence-electron chi connectivity index (χ1n) is 5.39. The second-order valence-corrected chi connectivity index (χ2v) is 5.01. The van der Waals surface area contributed by atoms with E-state index >= 15 is 0 Å². The molecule has 1 aromatic carbocycles. The quantitative estimate of drug-likeness (QED) is 0.676. The molecule has 0 aliphatic rings. The van der Waals surface area contributed by atoms with Crippen molar-refractivity contribution in [3.63, 3.8) is 0 Å². The SMILES string of the molecule is CC(C)C(C)C(Cl)Cc1ccc(F)cc1. The van der Waals surface area contributed by atoms with Crippen molar-refractivity contribution < 1.29 is 4.39 Å². The maximum Gasteiger partial charge on any atom is 0.123 e. The molecule has 0 amide bonds. The number of halogens is 2. The third-order valence-electron chi connectivity index (χ3n) is 2.97. The predicted octanol–water partition coefficient (Wildman–Crippen LogP) is 4.27. The van der Waals surface area contributed by atoms with E-state index in [2.05, 4.69) is 20.8 Å². The molecule has 0 saturated carbocycles. The van der Waals surface area contributed by atoms with Crippen LogP contribution in [0.3, 0.4) is 0 Å². The van der Waals surface area contributed by atoms with Crippen molar-refractivity contribution in [2.24, 2.45) is 11.8 Å². The molecule has 1 aromatic rings. The van der Waals surface area contributed by atoms with Crippen LogP contribution in [0.5, 0.6) is 0 Å². The highest BCUT2D eigenvalue weighted by atomic mass is 35.5. The summed E-state index contributed by atoms with van der Waals surface area (Å²) in [5.74, 6) is 0.853. The van der Waals surface area contributed by atoms with Gasteiger partial charge in [0.25, 0.3) is 0 Å². The fraction of sp³-hybridized carbons (Fsp3) is 0.538. The molecule has 0 spiro atoms. The molecule has 0 fully saturated rings. The van der Waals surface area contributed by atoms with E-state index in [-0.39, 0.29) is 11.2 Å². The van der Waals surface area contributed by atoms with Crippen molar-refractivity contribution >= 4 is 11.6 Å². The fourth-order valence-corrected chi connectivity index (χ4v) is 1.92. The summed E-state index contributed by atoms with van der Waals surface area (Å²) >= 11 is 6.31. The monoisotopic (exact) mass is 228 g/mol. The highest BCUT2D eigenvalue weighted by Gasteiger charge is 2.17. The van der Waals surface area contributed by atoms with E-state index in [1.807, 2.05) is 0 Å². The van der Waals surface area contributed by atoms with E-state index in [0.717, 1.165) is 12.0 Å². The molecule has 0 aromatic heterocycles. The van der Waals surface area contributed by atoms with Gasteiger partial charge in [-0.3, -0.25) is 0 Å². The number of rotatable bonds is 4. The lowest BCUT2D eigenvalue weighted by Crippen LogP contribution is -2.19. The third kappa shape index (κ3) is 3.83. The van der Waals surface area contributed by atoms with E-state index in [0.29, 0.717) is 11.8 Å². The summed E-state index contributed by atoms with van der Waals surface area (Å²) in [6.45, 7) is 6.50. The molecular weight excluding hydrogens is 211 g/mol. The lowest BCUT2D eigenvalue weighted by Gasteiger charge is -2.21. The first kappa shape index (κ1) is 12.5. The van der Waals surface area contributed by atoms with E-state index in [1.54, 1.807) is 12.1 Å². The Balaban J connectivity index is 2.58. The predicted molar refractivity (Wildman–Crippen MR) is 63.7 cm³/mol. The highest BCUT2D eigenvalue weighted by Crippen LogP contribution is 2.22. The van der Waals surface area contributed by atoms with Gasteiger partial charge in [0.05, 0.1) is 0 Å². The van der Waals surface area contributed by atoms with Crippen LogP contribution >= 0.6 is 11.6 Å². The summed E-state index contributed by atoms with van der Waals surface area (Å²) in [5.41, 5.74) is 1.10. The van der Waals surface area contributed by atoms with E-state index in [9.17, 15) is 4.39 Å². The van der Waals surface area contributed by atoms with Gasteiger partial charge in [-0.25, -0.2) is 4.39 Å². The normalized spacial score (nSPS) is 15.3. The van der Waals surface area contributed by atoms with Crippen LogP contribution in [0.25, 0.3) is 0 Å². The highest BCUT2D eigenvalue weighted by molar-refractivity contribution is 6.20. The van der Waals surface area contributed by atoms with Gasteiger partial charge in [-0.15, -0.1) is 11.6 Å². The summed E-state index contributed by atoms with van der Waals surface area (Å²) in [5, 5.41) is 0.121. The summed E-state index contributed by atoms with van der Waals surface area (Å²) in [4.78, 5) is 0. The smallest absolute Gasteiger partial charge is 0.123 e. The Morgan fingerprint density at radius 1 is 1.13 bits per heavy atom. The van der Waals surface area contributed by atoms with Crippen LogP contribution in [0.2, 0.25) is 0 Å². The Hall–Kier alpha value is -0.560. The first-order valence-corrected chi connectivity index (χ1v) is 5.83. The van der Waals surface area contributed by atoms with E-state index in [1.165, 1.54) is 12.1 Å². The van der Waals surface area contributed by atoms with Crippen molar-refractivity contribution in [3.05, 3.63) is 35.6 Å². The van der Waals surface area contributed by atoms with Gasteiger partial charge in [-0.2, -0.15) is 0 Å². The lowest BCUT2D eigenvalue weighted by atomic mass is 9.91. The van der Waals surface area contributed by atoms with Gasteiger partial charge >= 0.3 is 0 Å². The number of hydrogen-bond acceptors (Lipinski definition) is 0. The number of hydrogen-bond donors (Lipinski definition) is 0. The van der Waals surface area contributed by atoms with Crippen LogP contribution in [-0.4, -0.2) is 5.38 Å². The average molecular weight is 229 g/mol. The van der Waals surface area contributed by atoms with Gasteiger partial charge in [-0.05, 0) is 36.0 Å². The second-order valence-electron chi connectivity index (χ2n) is 4.45. The molecule has 1 rings (SSSR count). The minimum absolute atomic E-state index is 0.121. The fourth-order valence-electron chi connectivity index (χ4n) is 1.45. The summed E-state index contributed by atoms with van der Waals surface area (Å²) < 4.78 is 12.7. The molecule has 0 heterocycles. The van der Waals surface area contributed by atoms with Crippen molar-refractivity contribution in [1.82, 2.24) is 0 Å². The van der Waals surface area contributed by atoms with E-state index in [4.69, 9.17) is 11.6 Å². The molecule has 2 atom stereocenters. The van der Waals surface area contributed by atoms with Gasteiger partial charge in [0.1, 0.15) is 5.82 Å². The Labute approximate surface area is 96.5 Å². The van der Waals surface area contributed by atoms with Crippen LogP contribution in [-0.2, 0) is 6.42 Å². The maximum atomic E-state index is 12.7. The Morgan fingerprint density at radius 2 is 1.67 bits per heavy atom. The molecule has 0 radical (unpaired) electrons. The van der Waals surface area contributed by atoms with Gasteiger partial charge in [0.2, 0.25) is 0 Å². The molecule has 0 aliphatic carbocycles. The van der Waals surface area contributed by atoms with Gasteiger partial charge in [0, 0.05) is 5.38 Å². The Kier molecular flexibility index (Phi) is 4.59. The molecule has 84 valence electrons. The zero-order chi connectivity index (χ0) is 11.4. The molecule has 0 saturated heterocycles. The summed E-state index contributed by atoms with van der Waals surface area (Å²) in [7, 11) is 0. The van der Waals surface area contributed by atoms with Crippen molar-refractivity contribution in [2.75, 3.05) is 0 Å². The van der Waals surface area contributed by atoms with Crippen LogP contribution in [0.15, 0.2) is 24.3 Å². The number of alkyl halides is 1. The van der Waals surface area contributed by atoms with Crippen molar-refractivity contribution in [2.45, 2.75) is 32.6 Å². The lowest BCUT2D eigenvalue weighted by molar-refractivity contribution is 0.399. The summed E-state index contributed by atoms with van der Waals surface area (Å²) in [6, 6.07) is 6.58. The molecule has 0 bridgehead atoms. The van der Waals surface area contributed by atoms with Crippen molar-refractivity contribution in [3.8, 4) is 0 Å². The molecule has 0 N–H and O–H groups in total. The minimum atomic E-state index is -0.193. The molecule has 15 heavy (non-hydrogen) atoms. The second kappa shape index (κ2) is 5.50. The standard InChI is InChI=1S/C13H18ClF/c1-9(2)10(3)13(14)8-11-4-6-12(15)7-5-11/h4-7,9-10,13H,8H2,1-3H3. The molecule has 0 aliphatic heterocycles. The third-order valence-corrected chi connectivity index (χ3v) is 3.52. The van der Waals surface area contributed by atoms with Crippen LogP contribution in [0.1, 0.15) is 26.3 Å². The van der Waals surface area contributed by atoms with Gasteiger partial charge in [0.15, 0.2) is 0 Å². The number of benzene rings is 1. The Morgan fingerprint density at radius 3 is 2.13 bits per heavy atom. The van der Waals surface area contributed by atoms with Gasteiger partial charge < -0.3 is 0 Å². The average Bonchev–Trinajstić information content (AvgIpc) is 2.20. The van der Waals surface area contributed by atoms with Crippen LogP contribution < -0.4 is 0 Å². The topological polar surface area (TPSA) is 0 Å². The Bertz CT molecular complexity index is 292. The minimum Gasteiger partial charge on any atom is -0.207 e. The molecular formula is C13H18ClF. The molecule has 2 unspecified atom stereocenters. The van der Waals surface area contributed by atoms with Crippen LogP contribution in [0.4, 0.5) is 4.39 Å². The largest absolute Gasteiger partial charge is 0.207 e. The molecule has 0 nitrogen and oxygen atoms in total. The first-order chi connectivity index (χ1) is 7.00. The molecule has 2 heteroatoms. The zero-order valence-electron chi connectivity index (χ0n) is 9.50. The van der Waals surface area contributed by atoms with E-state index < -0.39 is 0 Å². The van der Waals surface area contributed by atoms with Gasteiger partial charge in [-0.1, -0.05) is 32.9 Å². The summed E-state index contributed by atoms with van der Waals surface area (Å²) in [6.07, 6.45) is 0.807.